The van der Waals surface area contributed by atoms with Crippen molar-refractivity contribution < 1.29 is 9.69 Å². The summed E-state index contributed by atoms with van der Waals surface area (Å²) in [7, 11) is 0. The second kappa shape index (κ2) is 8.80. The number of carbonyl (C=O) groups is 1. The van der Waals surface area contributed by atoms with Crippen LogP contribution in [0.3, 0.4) is 0 Å². The first-order valence-electron chi connectivity index (χ1n) is 8.84. The summed E-state index contributed by atoms with van der Waals surface area (Å²) in [6, 6.07) is 14.0. The van der Waals surface area contributed by atoms with Gasteiger partial charge in [0.1, 0.15) is 0 Å². The fraction of sp³-hybridized carbons (Fsp3) is 0.350. The quantitative estimate of drug-likeness (QED) is 0.771. The minimum absolute atomic E-state index is 0.0747. The van der Waals surface area contributed by atoms with Gasteiger partial charge in [-0.15, -0.1) is 11.8 Å². The van der Waals surface area contributed by atoms with Gasteiger partial charge in [0.25, 0.3) is 5.91 Å². The summed E-state index contributed by atoms with van der Waals surface area (Å²) in [5.41, 5.74) is 3.31. The van der Waals surface area contributed by atoms with Gasteiger partial charge in [0.2, 0.25) is 0 Å². The van der Waals surface area contributed by atoms with E-state index in [2.05, 4.69) is 23.2 Å². The summed E-state index contributed by atoms with van der Waals surface area (Å²) >= 11 is 7.82. The molecule has 0 unspecified atom stereocenters. The smallest absolute Gasteiger partial charge is 0.279 e. The Labute approximate surface area is 164 Å². The molecule has 3 rings (SSSR count). The van der Waals surface area contributed by atoms with E-state index >= 15 is 0 Å². The van der Waals surface area contributed by atoms with Crippen LogP contribution in [-0.2, 0) is 4.79 Å². The summed E-state index contributed by atoms with van der Waals surface area (Å²) in [5.74, 6) is 0.0747. The lowest BCUT2D eigenvalue weighted by molar-refractivity contribution is -0.892. The minimum Gasteiger partial charge on any atom is -0.360 e. The van der Waals surface area contributed by atoms with E-state index in [0.29, 0.717) is 6.54 Å². The van der Waals surface area contributed by atoms with Gasteiger partial charge in [-0.2, -0.15) is 0 Å². The molecule has 26 heavy (non-hydrogen) atoms. The molecule has 138 valence electrons. The number of nitrogens with one attached hydrogen (secondary N) is 2. The van der Waals surface area contributed by atoms with Crippen molar-refractivity contribution in [3.8, 4) is 0 Å². The molecular formula is C20H25ClN3OS+. The number of carbonyl (C=O) groups excluding carboxylic acids is 1. The molecule has 0 saturated carbocycles. The lowest BCUT2D eigenvalue weighted by Crippen LogP contribution is -3.15. The van der Waals surface area contributed by atoms with Crippen molar-refractivity contribution in [3.05, 3.63) is 53.1 Å². The van der Waals surface area contributed by atoms with Gasteiger partial charge in [0.15, 0.2) is 6.54 Å². The predicted octanol–water partition coefficient (Wildman–Crippen LogP) is 2.71. The van der Waals surface area contributed by atoms with Gasteiger partial charge in [-0.05, 0) is 49.1 Å². The van der Waals surface area contributed by atoms with E-state index in [1.807, 2.05) is 42.7 Å². The van der Waals surface area contributed by atoms with Gasteiger partial charge < -0.3 is 15.1 Å². The first-order valence-corrected chi connectivity index (χ1v) is 10.4. The van der Waals surface area contributed by atoms with E-state index in [1.165, 1.54) is 16.2 Å². The van der Waals surface area contributed by atoms with Crippen molar-refractivity contribution in [2.75, 3.05) is 49.2 Å². The van der Waals surface area contributed by atoms with Gasteiger partial charge in [0.05, 0.1) is 26.2 Å². The van der Waals surface area contributed by atoms with E-state index in [4.69, 9.17) is 11.6 Å². The highest BCUT2D eigenvalue weighted by Gasteiger charge is 2.23. The van der Waals surface area contributed by atoms with E-state index < -0.39 is 0 Å². The third kappa shape index (κ3) is 4.93. The number of hydrogen-bond acceptors (Lipinski definition) is 3. The van der Waals surface area contributed by atoms with Crippen LogP contribution in [0.5, 0.6) is 0 Å². The Balaban J connectivity index is 1.52. The van der Waals surface area contributed by atoms with Crippen LogP contribution in [0.4, 0.5) is 11.4 Å². The van der Waals surface area contributed by atoms with Crippen LogP contribution < -0.4 is 15.1 Å². The molecule has 1 fully saturated rings. The number of quaternary nitrogens is 1. The molecule has 0 aromatic heterocycles. The van der Waals surface area contributed by atoms with E-state index in [-0.39, 0.29) is 5.91 Å². The number of anilines is 2. The number of rotatable bonds is 5. The first kappa shape index (κ1) is 19.1. The monoisotopic (exact) mass is 390 g/mol. The summed E-state index contributed by atoms with van der Waals surface area (Å²) < 4.78 is 0. The van der Waals surface area contributed by atoms with Crippen LogP contribution in [0, 0.1) is 6.92 Å². The minimum atomic E-state index is 0.0747. The maximum Gasteiger partial charge on any atom is 0.279 e. The van der Waals surface area contributed by atoms with E-state index in [9.17, 15) is 4.79 Å². The lowest BCUT2D eigenvalue weighted by Gasteiger charge is -2.34. The van der Waals surface area contributed by atoms with Gasteiger partial charge in [-0.1, -0.05) is 23.7 Å². The highest BCUT2D eigenvalue weighted by molar-refractivity contribution is 7.98. The van der Waals surface area contributed by atoms with Crippen LogP contribution in [0.2, 0.25) is 5.02 Å². The molecule has 1 heterocycles. The van der Waals surface area contributed by atoms with Crippen LogP contribution in [0.15, 0.2) is 47.4 Å². The highest BCUT2D eigenvalue weighted by atomic mass is 35.5. The average molecular weight is 391 g/mol. The van der Waals surface area contributed by atoms with Crippen LogP contribution >= 0.6 is 23.4 Å². The largest absolute Gasteiger partial charge is 0.360 e. The van der Waals surface area contributed by atoms with Crippen molar-refractivity contribution in [1.82, 2.24) is 0 Å². The van der Waals surface area contributed by atoms with Crippen molar-refractivity contribution in [3.63, 3.8) is 0 Å². The fourth-order valence-corrected chi connectivity index (χ4v) is 3.92. The number of nitrogens with zero attached hydrogens (tertiary/aromatic N) is 1. The molecule has 1 aliphatic rings. The van der Waals surface area contributed by atoms with Crippen LogP contribution in [-0.4, -0.2) is 44.9 Å². The van der Waals surface area contributed by atoms with Gasteiger partial charge in [-0.25, -0.2) is 0 Å². The zero-order chi connectivity index (χ0) is 18.5. The van der Waals surface area contributed by atoms with Crippen molar-refractivity contribution >= 4 is 40.6 Å². The summed E-state index contributed by atoms with van der Waals surface area (Å²) in [5, 5.41) is 3.79. The number of piperazine rings is 1. The molecule has 1 amide bonds. The Morgan fingerprint density at radius 3 is 2.73 bits per heavy atom. The molecule has 2 N–H and O–H groups in total. The molecule has 2 aromatic carbocycles. The standard InChI is InChI=1S/C20H24ClN3OS/c1-15-6-7-16(21)12-19(15)24-10-8-23(9-11-24)14-20(25)22-17-4-3-5-18(13-17)26-2/h3-7,12-13H,8-11,14H2,1-2H3,(H,22,25)/p+1. The predicted molar refractivity (Wildman–Crippen MR) is 111 cm³/mol. The molecular weight excluding hydrogens is 366 g/mol. The average Bonchev–Trinajstić information content (AvgIpc) is 2.64. The van der Waals surface area contributed by atoms with E-state index in [0.717, 1.165) is 41.8 Å². The Bertz CT molecular complexity index is 775. The number of hydrogen-bond donors (Lipinski definition) is 2. The van der Waals surface area contributed by atoms with Crippen molar-refractivity contribution in [2.45, 2.75) is 11.8 Å². The van der Waals surface area contributed by atoms with Gasteiger partial charge in [-0.3, -0.25) is 4.79 Å². The van der Waals surface area contributed by atoms with Crippen LogP contribution in [0.25, 0.3) is 0 Å². The summed E-state index contributed by atoms with van der Waals surface area (Å²) in [4.78, 5) is 17.2. The number of thioether (sulfide) groups is 1. The Morgan fingerprint density at radius 2 is 2.00 bits per heavy atom. The highest BCUT2D eigenvalue weighted by Crippen LogP contribution is 2.24. The maximum atomic E-state index is 12.4. The SMILES string of the molecule is CSc1cccc(NC(=O)C[NH+]2CCN(c3cc(Cl)ccc3C)CC2)c1. The number of halogens is 1. The molecule has 0 aliphatic carbocycles. The topological polar surface area (TPSA) is 36.8 Å². The van der Waals surface area contributed by atoms with E-state index in [1.54, 1.807) is 11.8 Å². The second-order valence-electron chi connectivity index (χ2n) is 6.62. The molecule has 4 nitrogen and oxygen atoms in total. The first-order chi connectivity index (χ1) is 12.5. The van der Waals surface area contributed by atoms with Crippen LogP contribution in [0.1, 0.15) is 5.56 Å². The Kier molecular flexibility index (Phi) is 6.46. The molecule has 1 saturated heterocycles. The zero-order valence-corrected chi connectivity index (χ0v) is 16.8. The summed E-state index contributed by atoms with van der Waals surface area (Å²) in [6.45, 7) is 6.39. The molecule has 0 radical (unpaired) electrons. The van der Waals surface area contributed by atoms with Gasteiger partial charge in [0, 0.05) is 21.3 Å². The second-order valence-corrected chi connectivity index (χ2v) is 7.94. The Hall–Kier alpha value is -1.69. The molecule has 2 aromatic rings. The van der Waals surface area contributed by atoms with Gasteiger partial charge >= 0.3 is 0 Å². The number of amides is 1. The molecule has 6 heteroatoms. The summed E-state index contributed by atoms with van der Waals surface area (Å²) in [6.07, 6.45) is 2.03. The molecule has 0 atom stereocenters. The Morgan fingerprint density at radius 1 is 1.23 bits per heavy atom. The molecule has 0 bridgehead atoms. The third-order valence-electron chi connectivity index (χ3n) is 4.75. The number of aryl methyl sites for hydroxylation is 1. The molecule has 0 spiro atoms. The lowest BCUT2D eigenvalue weighted by atomic mass is 10.1. The number of benzene rings is 2. The molecule has 1 aliphatic heterocycles. The normalized spacial score (nSPS) is 15.1. The third-order valence-corrected chi connectivity index (χ3v) is 5.71. The maximum absolute atomic E-state index is 12.4. The zero-order valence-electron chi connectivity index (χ0n) is 15.2. The van der Waals surface area contributed by atoms with Crippen molar-refractivity contribution in [1.29, 1.82) is 0 Å². The fourth-order valence-electron chi connectivity index (χ4n) is 3.30. The van der Waals surface area contributed by atoms with Crippen molar-refractivity contribution in [2.24, 2.45) is 0 Å².